The Morgan fingerprint density at radius 3 is 0.829 bits per heavy atom. The van der Waals surface area contributed by atoms with Crippen LogP contribution in [0.15, 0.2) is 12.2 Å². The van der Waals surface area contributed by atoms with Crippen molar-refractivity contribution < 1.29 is 71.4 Å². The average molecular weight is 1040 g/mol. The summed E-state index contributed by atoms with van der Waals surface area (Å²) in [6, 6.07) is 0. The first-order valence-electron chi connectivity index (χ1n) is 28.0. The molecular weight excluding hydrogens is 939 g/mol. The third-order valence-electron chi connectivity index (χ3n) is 12.2. The van der Waals surface area contributed by atoms with Gasteiger partial charge in [0.1, 0.15) is 31.5 Å². The molecule has 0 rings (SSSR count). The third-order valence-corrected chi connectivity index (χ3v) is 14.1. The Morgan fingerprint density at radius 1 is 0.357 bits per heavy atom. The molecule has 0 spiro atoms. The van der Waals surface area contributed by atoms with Gasteiger partial charge in [0.15, 0.2) is 0 Å². The number of aliphatic hydroxyl groups is 3. The fourth-order valence-electron chi connectivity index (χ4n) is 7.86. The molecule has 0 aromatic heterocycles. The number of aliphatic hydroxyl groups excluding tert-OH is 3. The maximum atomic E-state index is 12.2. The van der Waals surface area contributed by atoms with Crippen molar-refractivity contribution in [1.29, 1.82) is 0 Å². The summed E-state index contributed by atoms with van der Waals surface area (Å²) in [4.78, 5) is 43.9. The molecule has 15 nitrogen and oxygen atoms in total. The van der Waals surface area contributed by atoms with Crippen LogP contribution in [0.4, 0.5) is 0 Å². The molecule has 5 unspecified atom stereocenters. The zero-order valence-corrected chi connectivity index (χ0v) is 46.0. The van der Waals surface area contributed by atoms with Crippen molar-refractivity contribution in [1.82, 2.24) is 0 Å². The Bertz CT molecular complexity index is 1310. The summed E-state index contributed by atoms with van der Waals surface area (Å²) in [7, 11) is -9.57. The molecule has 0 fully saturated rings. The number of esters is 2. The highest BCUT2D eigenvalue weighted by molar-refractivity contribution is 7.47. The molecular formula is C53H104O15P2. The van der Waals surface area contributed by atoms with Crippen LogP contribution in [-0.2, 0) is 46.3 Å². The Morgan fingerprint density at radius 2 is 0.571 bits per heavy atom. The lowest BCUT2D eigenvalue weighted by Crippen LogP contribution is -2.25. The van der Waals surface area contributed by atoms with Gasteiger partial charge in [-0.2, -0.15) is 0 Å². The molecule has 70 heavy (non-hydrogen) atoms. The maximum absolute atomic E-state index is 12.2. The molecule has 0 aliphatic rings. The predicted molar refractivity (Wildman–Crippen MR) is 279 cm³/mol. The van der Waals surface area contributed by atoms with Crippen molar-refractivity contribution in [3.8, 4) is 0 Å². The Hall–Kier alpha value is -1.22. The largest absolute Gasteiger partial charge is 0.472 e. The van der Waals surface area contributed by atoms with Gasteiger partial charge in [-0.05, 0) is 38.5 Å². The van der Waals surface area contributed by atoms with Gasteiger partial charge in [0, 0.05) is 12.8 Å². The summed E-state index contributed by atoms with van der Waals surface area (Å²) in [5, 5.41) is 30.1. The number of allylic oxidation sites excluding steroid dienone is 2. The van der Waals surface area contributed by atoms with E-state index in [4.69, 9.17) is 18.5 Å². The van der Waals surface area contributed by atoms with Gasteiger partial charge in [-0.25, -0.2) is 9.13 Å². The van der Waals surface area contributed by atoms with E-state index in [1.807, 2.05) is 0 Å². The van der Waals surface area contributed by atoms with Crippen molar-refractivity contribution in [2.75, 3.05) is 39.6 Å². The van der Waals surface area contributed by atoms with Crippen LogP contribution in [0.5, 0.6) is 0 Å². The standard InChI is InChI=1S/C53H104O15P2/c1-3-5-7-9-11-13-15-17-19-21-22-23-24-26-28-30-32-34-36-38-40-42-53(58)64-44-50(55)46-66-70(61,62)68-48-51(56)47-67-69(59,60)65-45-49(54)43-63-52(57)41-39-37-35-33-31-29-27-25-20-18-16-14-12-10-8-6-4-2/h17,19,49-51,54-56H,3-16,18,20-48H2,1-2H3,(H,59,60)(H,61,62)/b19-17+. The molecule has 5 N–H and O–H groups in total. The lowest BCUT2D eigenvalue weighted by Gasteiger charge is -2.19. The molecule has 0 saturated carbocycles. The van der Waals surface area contributed by atoms with E-state index in [1.165, 1.54) is 180 Å². The molecule has 0 radical (unpaired) electrons. The first-order valence-corrected chi connectivity index (χ1v) is 31.0. The number of carbonyl (C=O) groups excluding carboxylic acids is 2. The highest BCUT2D eigenvalue weighted by Gasteiger charge is 2.28. The van der Waals surface area contributed by atoms with Gasteiger partial charge in [0.2, 0.25) is 0 Å². The minimum atomic E-state index is -4.79. The first-order chi connectivity index (χ1) is 33.8. The fraction of sp³-hybridized carbons (Fsp3) is 0.925. The summed E-state index contributed by atoms with van der Waals surface area (Å²) in [5.41, 5.74) is 0. The van der Waals surface area contributed by atoms with Gasteiger partial charge >= 0.3 is 27.6 Å². The number of phosphoric ester groups is 2. The average Bonchev–Trinajstić information content (AvgIpc) is 3.34. The molecule has 0 bridgehead atoms. The first kappa shape index (κ1) is 68.8. The number of hydrogen-bond donors (Lipinski definition) is 5. The van der Waals surface area contributed by atoms with E-state index in [9.17, 15) is 43.8 Å². The normalized spacial score (nSPS) is 14.9. The van der Waals surface area contributed by atoms with Crippen LogP contribution in [0.3, 0.4) is 0 Å². The van der Waals surface area contributed by atoms with E-state index in [2.05, 4.69) is 35.0 Å². The van der Waals surface area contributed by atoms with Crippen molar-refractivity contribution in [3.63, 3.8) is 0 Å². The van der Waals surface area contributed by atoms with Crippen LogP contribution < -0.4 is 0 Å². The third kappa shape index (κ3) is 51.7. The van der Waals surface area contributed by atoms with Crippen molar-refractivity contribution in [2.45, 2.75) is 276 Å². The number of unbranched alkanes of at least 4 members (excludes halogenated alkanes) is 33. The lowest BCUT2D eigenvalue weighted by molar-refractivity contribution is -0.148. The van der Waals surface area contributed by atoms with E-state index in [1.54, 1.807) is 0 Å². The summed E-state index contributed by atoms with van der Waals surface area (Å²) in [5.74, 6) is -0.983. The zero-order valence-electron chi connectivity index (χ0n) is 44.2. The van der Waals surface area contributed by atoms with Gasteiger partial charge in [0.25, 0.3) is 0 Å². The number of hydrogen-bond acceptors (Lipinski definition) is 13. The van der Waals surface area contributed by atoms with Crippen molar-refractivity contribution >= 4 is 27.6 Å². The van der Waals surface area contributed by atoms with Gasteiger partial charge < -0.3 is 34.6 Å². The van der Waals surface area contributed by atoms with E-state index in [0.717, 1.165) is 38.5 Å². The predicted octanol–water partition coefficient (Wildman–Crippen LogP) is 13.8. The SMILES string of the molecule is CCCCCCCC/C=C/CCCCCCCCCCCCCC(=O)OCC(O)COP(=O)(O)OCC(O)COP(=O)(O)OCC(O)COC(=O)CCCCCCCCCCCCCCCCCCC. The van der Waals surface area contributed by atoms with E-state index in [0.29, 0.717) is 12.8 Å². The Labute approximate surface area is 425 Å². The van der Waals surface area contributed by atoms with Gasteiger partial charge in [-0.1, -0.05) is 219 Å². The molecule has 416 valence electrons. The molecule has 0 aromatic carbocycles. The molecule has 0 aromatic rings. The quantitative estimate of drug-likeness (QED) is 0.0165. The van der Waals surface area contributed by atoms with Crippen LogP contribution in [0, 0.1) is 0 Å². The number of rotatable bonds is 55. The summed E-state index contributed by atoms with van der Waals surface area (Å²) >= 11 is 0. The summed E-state index contributed by atoms with van der Waals surface area (Å²) in [6.07, 6.45) is 44.8. The minimum Gasteiger partial charge on any atom is -0.463 e. The smallest absolute Gasteiger partial charge is 0.463 e. The van der Waals surface area contributed by atoms with Crippen LogP contribution in [-0.4, -0.2) is 95.0 Å². The van der Waals surface area contributed by atoms with Crippen molar-refractivity contribution in [3.05, 3.63) is 12.2 Å². The number of phosphoric acid groups is 2. The maximum Gasteiger partial charge on any atom is 0.472 e. The molecule has 0 amide bonds. The number of carbonyl (C=O) groups is 2. The second-order valence-corrected chi connectivity index (χ2v) is 22.2. The van der Waals surface area contributed by atoms with Crippen LogP contribution >= 0.6 is 15.6 Å². The topological polar surface area (TPSA) is 225 Å². The highest BCUT2D eigenvalue weighted by Crippen LogP contribution is 2.45. The van der Waals surface area contributed by atoms with Crippen molar-refractivity contribution in [2.24, 2.45) is 0 Å². The summed E-state index contributed by atoms with van der Waals surface area (Å²) in [6.45, 7) is 0.488. The Kier molecular flexibility index (Phi) is 49.1. The van der Waals surface area contributed by atoms with Crippen LogP contribution in [0.1, 0.15) is 258 Å². The van der Waals surface area contributed by atoms with E-state index >= 15 is 0 Å². The second-order valence-electron chi connectivity index (χ2n) is 19.3. The minimum absolute atomic E-state index is 0.199. The highest BCUT2D eigenvalue weighted by atomic mass is 31.2. The monoisotopic (exact) mass is 1040 g/mol. The molecule has 0 heterocycles. The van der Waals surface area contributed by atoms with E-state index in [-0.39, 0.29) is 12.8 Å². The zero-order chi connectivity index (χ0) is 51.7. The van der Waals surface area contributed by atoms with Gasteiger partial charge in [0.05, 0.1) is 26.4 Å². The summed E-state index contributed by atoms with van der Waals surface area (Å²) < 4.78 is 53.2. The molecule has 5 atom stereocenters. The Balaban J connectivity index is 3.79. The molecule has 0 aliphatic carbocycles. The van der Waals surface area contributed by atoms with Crippen LogP contribution in [0.2, 0.25) is 0 Å². The number of ether oxygens (including phenoxy) is 2. The van der Waals surface area contributed by atoms with Gasteiger partial charge in [-0.15, -0.1) is 0 Å². The second kappa shape index (κ2) is 50.0. The lowest BCUT2D eigenvalue weighted by atomic mass is 10.0. The fourth-order valence-corrected chi connectivity index (χ4v) is 9.45. The van der Waals surface area contributed by atoms with Crippen LogP contribution in [0.25, 0.3) is 0 Å². The molecule has 17 heteroatoms. The molecule has 0 saturated heterocycles. The molecule has 0 aliphatic heterocycles. The van der Waals surface area contributed by atoms with E-state index < -0.39 is 85.5 Å². The van der Waals surface area contributed by atoms with Gasteiger partial charge in [-0.3, -0.25) is 27.7 Å².